The molecule has 1 aliphatic rings. The van der Waals surface area contributed by atoms with Crippen LogP contribution >= 0.6 is 8.53 Å². The van der Waals surface area contributed by atoms with E-state index in [9.17, 15) is 4.79 Å². The van der Waals surface area contributed by atoms with E-state index < -0.39 is 34.7 Å². The summed E-state index contributed by atoms with van der Waals surface area (Å²) in [4.78, 5) is 23.4. The van der Waals surface area contributed by atoms with E-state index in [0.717, 1.165) is 0 Å². The van der Waals surface area contributed by atoms with Gasteiger partial charge in [0.2, 0.25) is 5.95 Å². The third-order valence-electron chi connectivity index (χ3n) is 7.21. The lowest BCUT2D eigenvalue weighted by atomic mass is 10.2. The van der Waals surface area contributed by atoms with Crippen molar-refractivity contribution in [2.45, 2.75) is 110 Å². The van der Waals surface area contributed by atoms with Crippen molar-refractivity contribution < 1.29 is 18.2 Å². The van der Waals surface area contributed by atoms with Crippen LogP contribution in [0, 0.1) is 11.3 Å². The van der Waals surface area contributed by atoms with E-state index in [4.69, 9.17) is 29.2 Å². The van der Waals surface area contributed by atoms with Gasteiger partial charge in [-0.2, -0.15) is 10.2 Å². The first-order valence-corrected chi connectivity index (χ1v) is 17.5. The molecule has 3 rings (SSSR count). The standard InChI is InChI=1S/C25H44N7O5PSi/c1-16(2)32(17(3)4)38(34-12-10-11-26)35-14-19-18(37-39(8,9)25(5,6)7)13-20(36-19)31-15-28-21-22(31)29-24(27)30-23(21)33/h15-20H,10,12-14H2,1-9H3,(H3,27,29,30,33)/t18-,19-,20-,38?/m1/s1. The number of hydrogen-bond donors (Lipinski definition) is 2. The van der Waals surface area contributed by atoms with Crippen LogP contribution in [0.4, 0.5) is 5.95 Å². The predicted molar refractivity (Wildman–Crippen MR) is 154 cm³/mol. The van der Waals surface area contributed by atoms with E-state index in [1.165, 1.54) is 0 Å². The highest BCUT2D eigenvalue weighted by Crippen LogP contribution is 2.48. The Bertz CT molecular complexity index is 1200. The van der Waals surface area contributed by atoms with Crippen molar-refractivity contribution in [2.24, 2.45) is 0 Å². The fraction of sp³-hybridized carbons (Fsp3) is 0.760. The van der Waals surface area contributed by atoms with Crippen LogP contribution in [0.1, 0.15) is 67.5 Å². The zero-order valence-corrected chi connectivity index (χ0v) is 26.5. The minimum atomic E-state index is -2.16. The lowest BCUT2D eigenvalue weighted by Gasteiger charge is -2.40. The molecule has 4 atom stereocenters. The summed E-state index contributed by atoms with van der Waals surface area (Å²) in [5, 5.41) is 9.03. The normalized spacial score (nSPS) is 21.4. The van der Waals surface area contributed by atoms with Crippen molar-refractivity contribution in [1.82, 2.24) is 24.2 Å². The third-order valence-corrected chi connectivity index (χ3v) is 13.8. The number of anilines is 1. The third kappa shape index (κ3) is 7.44. The largest absolute Gasteiger partial charge is 0.411 e. The number of fused-ring (bicyclic) bond motifs is 1. The topological polar surface area (TPSA) is 154 Å². The van der Waals surface area contributed by atoms with E-state index in [2.05, 4.69) is 87.3 Å². The van der Waals surface area contributed by atoms with Crippen molar-refractivity contribution >= 4 is 34.0 Å². The summed E-state index contributed by atoms with van der Waals surface area (Å²) >= 11 is 0. The summed E-state index contributed by atoms with van der Waals surface area (Å²) in [5.41, 5.74) is 5.99. The Kier molecular flexibility index (Phi) is 10.3. The molecule has 218 valence electrons. The number of aromatic amines is 1. The number of nitrogens with one attached hydrogen (secondary N) is 1. The smallest absolute Gasteiger partial charge is 0.280 e. The van der Waals surface area contributed by atoms with Gasteiger partial charge in [-0.3, -0.25) is 14.3 Å². The second-order valence-electron chi connectivity index (χ2n) is 11.9. The molecule has 1 fully saturated rings. The van der Waals surface area contributed by atoms with E-state index in [0.29, 0.717) is 18.7 Å². The molecule has 0 bridgehead atoms. The fourth-order valence-electron chi connectivity index (χ4n) is 4.30. The van der Waals surface area contributed by atoms with Gasteiger partial charge in [-0.05, 0) is 45.8 Å². The average Bonchev–Trinajstić information content (AvgIpc) is 3.39. The van der Waals surface area contributed by atoms with E-state index >= 15 is 0 Å². The number of imidazole rings is 1. The number of nitrogens with two attached hydrogens (primary N) is 1. The Morgan fingerprint density at radius 1 is 1.31 bits per heavy atom. The zero-order valence-electron chi connectivity index (χ0n) is 24.6. The molecule has 0 saturated carbocycles. The Hall–Kier alpha value is -1.91. The van der Waals surface area contributed by atoms with Gasteiger partial charge in [-0.25, -0.2) is 9.65 Å². The number of ether oxygens (including phenoxy) is 1. The van der Waals surface area contributed by atoms with Crippen molar-refractivity contribution in [3.63, 3.8) is 0 Å². The summed E-state index contributed by atoms with van der Waals surface area (Å²) < 4.78 is 29.8. The maximum Gasteiger partial charge on any atom is 0.280 e. The van der Waals surface area contributed by atoms with Gasteiger partial charge in [0.15, 0.2) is 19.5 Å². The Morgan fingerprint density at radius 3 is 2.56 bits per heavy atom. The second-order valence-corrected chi connectivity index (χ2v) is 18.1. The van der Waals surface area contributed by atoms with Crippen LogP contribution in [0.25, 0.3) is 11.2 Å². The summed E-state index contributed by atoms with van der Waals surface area (Å²) in [6.07, 6.45) is 1.26. The van der Waals surface area contributed by atoms with Gasteiger partial charge >= 0.3 is 0 Å². The van der Waals surface area contributed by atoms with E-state index in [1.807, 2.05) is 0 Å². The molecule has 0 aliphatic carbocycles. The molecule has 1 saturated heterocycles. The lowest BCUT2D eigenvalue weighted by molar-refractivity contribution is -0.0385. The van der Waals surface area contributed by atoms with Gasteiger partial charge in [0.25, 0.3) is 14.1 Å². The number of nitrogen functional groups attached to an aromatic ring is 1. The highest BCUT2D eigenvalue weighted by Gasteiger charge is 2.46. The van der Waals surface area contributed by atoms with Crippen LogP contribution in [0.5, 0.6) is 0 Å². The summed E-state index contributed by atoms with van der Waals surface area (Å²) in [5.74, 6) is 0.0174. The highest BCUT2D eigenvalue weighted by atomic mass is 31.2. The first kappa shape index (κ1) is 31.6. The Morgan fingerprint density at radius 2 is 1.97 bits per heavy atom. The molecular formula is C25H44N7O5PSi. The molecule has 2 aromatic heterocycles. The summed E-state index contributed by atoms with van der Waals surface area (Å²) in [6.45, 7) is 20.0. The van der Waals surface area contributed by atoms with Crippen molar-refractivity contribution in [2.75, 3.05) is 18.9 Å². The SMILES string of the molecule is CC(C)N(C(C)C)P(OCCC#N)OC[C@H]1O[C@@H](n2cnc3c(=O)[nH]c(N)nc32)C[C@H]1O[Si](C)(C)C(C)(C)C. The molecule has 0 spiro atoms. The van der Waals surface area contributed by atoms with Crippen LogP contribution in [-0.2, 0) is 18.2 Å². The van der Waals surface area contributed by atoms with Crippen LogP contribution < -0.4 is 11.3 Å². The van der Waals surface area contributed by atoms with Crippen molar-refractivity contribution in [3.05, 3.63) is 16.7 Å². The van der Waals surface area contributed by atoms with E-state index in [1.54, 1.807) is 10.9 Å². The summed E-state index contributed by atoms with van der Waals surface area (Å²) in [7, 11) is -3.60. The van der Waals surface area contributed by atoms with Crippen LogP contribution in [-0.4, -0.2) is 70.0 Å². The molecule has 1 unspecified atom stereocenters. The van der Waals surface area contributed by atoms with Crippen LogP contribution in [0.2, 0.25) is 18.1 Å². The summed E-state index contributed by atoms with van der Waals surface area (Å²) in [6, 6.07) is 2.50. The number of hydrogen-bond acceptors (Lipinski definition) is 10. The Balaban J connectivity index is 1.89. The molecule has 0 amide bonds. The van der Waals surface area contributed by atoms with Gasteiger partial charge in [-0.15, -0.1) is 0 Å². The van der Waals surface area contributed by atoms with E-state index in [-0.39, 0.29) is 47.7 Å². The first-order valence-electron chi connectivity index (χ1n) is 13.4. The Labute approximate surface area is 233 Å². The van der Waals surface area contributed by atoms with Gasteiger partial charge in [0.05, 0.1) is 38.1 Å². The molecular weight excluding hydrogens is 537 g/mol. The first-order chi connectivity index (χ1) is 18.2. The fourth-order valence-corrected chi connectivity index (χ4v) is 7.28. The molecule has 3 N–H and O–H groups in total. The molecule has 39 heavy (non-hydrogen) atoms. The monoisotopic (exact) mass is 581 g/mol. The van der Waals surface area contributed by atoms with Gasteiger partial charge in [-0.1, -0.05) is 20.8 Å². The zero-order chi connectivity index (χ0) is 29.1. The number of nitriles is 1. The van der Waals surface area contributed by atoms with Crippen LogP contribution in [0.3, 0.4) is 0 Å². The lowest BCUT2D eigenvalue weighted by Crippen LogP contribution is -2.46. The van der Waals surface area contributed by atoms with Crippen molar-refractivity contribution in [3.8, 4) is 6.07 Å². The average molecular weight is 582 g/mol. The van der Waals surface area contributed by atoms with Gasteiger partial charge in [0, 0.05) is 18.5 Å². The molecule has 3 heterocycles. The molecule has 1 aliphatic heterocycles. The molecule has 14 heteroatoms. The van der Waals surface area contributed by atoms with Crippen LogP contribution in [0.15, 0.2) is 11.1 Å². The number of H-pyrrole nitrogens is 1. The quantitative estimate of drug-likeness (QED) is 0.205. The number of aromatic nitrogens is 4. The maximum absolute atomic E-state index is 12.3. The predicted octanol–water partition coefficient (Wildman–Crippen LogP) is 4.67. The van der Waals surface area contributed by atoms with Crippen molar-refractivity contribution in [1.29, 1.82) is 5.26 Å². The number of nitrogens with zero attached hydrogens (tertiary/aromatic N) is 5. The molecule has 0 radical (unpaired) electrons. The van der Waals surface area contributed by atoms with Gasteiger partial charge in [0.1, 0.15) is 12.3 Å². The molecule has 2 aromatic rings. The minimum absolute atomic E-state index is 0.000600. The highest BCUT2D eigenvalue weighted by molar-refractivity contribution is 7.44. The maximum atomic E-state index is 12.3. The molecule has 12 nitrogen and oxygen atoms in total. The van der Waals surface area contributed by atoms with Gasteiger partial charge < -0.3 is 23.9 Å². The molecule has 0 aromatic carbocycles. The second kappa shape index (κ2) is 12.7. The number of rotatable bonds is 12. The minimum Gasteiger partial charge on any atom is -0.411 e.